The van der Waals surface area contributed by atoms with Gasteiger partial charge in [0.25, 0.3) is 0 Å². The molecular formula is C18H20N4O2. The van der Waals surface area contributed by atoms with Crippen molar-refractivity contribution in [1.82, 2.24) is 19.5 Å². The molecule has 2 N–H and O–H groups in total. The van der Waals surface area contributed by atoms with Crippen LogP contribution in [0.3, 0.4) is 0 Å². The Hall–Kier alpha value is -2.47. The maximum Gasteiger partial charge on any atom is 0.197 e. The molecule has 1 aliphatic rings. The van der Waals surface area contributed by atoms with Gasteiger partial charge in [-0.2, -0.15) is 0 Å². The summed E-state index contributed by atoms with van der Waals surface area (Å²) < 4.78 is 2.06. The zero-order valence-corrected chi connectivity index (χ0v) is 13.3. The molecule has 0 amide bonds. The number of phenols is 1. The van der Waals surface area contributed by atoms with Crippen LogP contribution in [0.25, 0.3) is 22.6 Å². The molecule has 1 aromatic carbocycles. The summed E-state index contributed by atoms with van der Waals surface area (Å²) in [5, 5.41) is 19.1. The Morgan fingerprint density at radius 3 is 2.54 bits per heavy atom. The van der Waals surface area contributed by atoms with E-state index in [0.717, 1.165) is 49.1 Å². The Morgan fingerprint density at radius 1 is 1.04 bits per heavy atom. The first-order chi connectivity index (χ1) is 11.7. The number of phenolic OH excluding ortho intramolecular Hbond substituents is 1. The Labute approximate surface area is 139 Å². The van der Waals surface area contributed by atoms with Gasteiger partial charge in [-0.15, -0.1) is 0 Å². The summed E-state index contributed by atoms with van der Waals surface area (Å²) in [7, 11) is 0. The van der Waals surface area contributed by atoms with Crippen LogP contribution in [-0.2, 0) is 6.54 Å². The van der Waals surface area contributed by atoms with Gasteiger partial charge in [-0.3, -0.25) is 0 Å². The fraction of sp³-hybridized carbons (Fsp3) is 0.389. The third kappa shape index (κ3) is 2.97. The minimum absolute atomic E-state index is 0.137. The fourth-order valence-corrected chi connectivity index (χ4v) is 3.35. The number of aromatic hydroxyl groups is 1. The standard InChI is InChI=1S/C18H20N4O2/c23-14-5-1-12(2-6-14)10-22-11-20-17-18(22)21-16(9-19-17)13-3-7-15(24)8-4-13/h3-4,7-9,11-12,14,23-24H,1-2,5-6,10H2/t12-,14-. The van der Waals surface area contributed by atoms with Gasteiger partial charge in [0.05, 0.1) is 24.3 Å². The molecule has 3 aromatic rings. The van der Waals surface area contributed by atoms with Crippen molar-refractivity contribution >= 4 is 11.3 Å². The molecular weight excluding hydrogens is 304 g/mol. The number of aromatic nitrogens is 4. The molecule has 0 unspecified atom stereocenters. The maximum atomic E-state index is 9.65. The summed E-state index contributed by atoms with van der Waals surface area (Å²) in [6.07, 6.45) is 7.20. The first kappa shape index (κ1) is 15.1. The van der Waals surface area contributed by atoms with Crippen molar-refractivity contribution in [3.05, 3.63) is 36.8 Å². The van der Waals surface area contributed by atoms with Crippen LogP contribution in [0.15, 0.2) is 36.8 Å². The van der Waals surface area contributed by atoms with Crippen molar-refractivity contribution in [3.63, 3.8) is 0 Å². The van der Waals surface area contributed by atoms with E-state index in [2.05, 4.69) is 14.5 Å². The number of hydrogen-bond acceptors (Lipinski definition) is 5. The molecule has 6 nitrogen and oxygen atoms in total. The summed E-state index contributed by atoms with van der Waals surface area (Å²) >= 11 is 0. The van der Waals surface area contributed by atoms with Crippen molar-refractivity contribution in [2.45, 2.75) is 38.3 Å². The molecule has 0 aliphatic heterocycles. The molecule has 4 rings (SSSR count). The van der Waals surface area contributed by atoms with Crippen molar-refractivity contribution in [1.29, 1.82) is 0 Å². The molecule has 0 spiro atoms. The van der Waals surface area contributed by atoms with Crippen molar-refractivity contribution < 1.29 is 10.2 Å². The van der Waals surface area contributed by atoms with Crippen LogP contribution in [0.4, 0.5) is 0 Å². The van der Waals surface area contributed by atoms with E-state index in [0.29, 0.717) is 11.6 Å². The molecule has 2 aromatic heterocycles. The fourth-order valence-electron chi connectivity index (χ4n) is 3.35. The van der Waals surface area contributed by atoms with Crippen molar-refractivity contribution in [3.8, 4) is 17.0 Å². The maximum absolute atomic E-state index is 9.65. The van der Waals surface area contributed by atoms with Crippen LogP contribution >= 0.6 is 0 Å². The average Bonchev–Trinajstić information content (AvgIpc) is 3.00. The van der Waals surface area contributed by atoms with Crippen molar-refractivity contribution in [2.75, 3.05) is 0 Å². The quantitative estimate of drug-likeness (QED) is 0.774. The van der Waals surface area contributed by atoms with E-state index in [1.54, 1.807) is 24.7 Å². The normalized spacial score (nSPS) is 21.2. The number of nitrogens with zero attached hydrogens (tertiary/aromatic N) is 4. The van der Waals surface area contributed by atoms with E-state index in [1.807, 2.05) is 12.1 Å². The van der Waals surface area contributed by atoms with Gasteiger partial charge in [-0.05, 0) is 55.9 Å². The third-order valence-corrected chi connectivity index (χ3v) is 4.76. The molecule has 24 heavy (non-hydrogen) atoms. The van der Waals surface area contributed by atoms with Gasteiger partial charge < -0.3 is 14.8 Å². The molecule has 0 bridgehead atoms. The van der Waals surface area contributed by atoms with Gasteiger partial charge in [0.2, 0.25) is 0 Å². The third-order valence-electron chi connectivity index (χ3n) is 4.76. The molecule has 1 aliphatic carbocycles. The zero-order valence-electron chi connectivity index (χ0n) is 13.3. The minimum atomic E-state index is -0.137. The number of aliphatic hydroxyl groups excluding tert-OH is 1. The molecule has 124 valence electrons. The van der Waals surface area contributed by atoms with Gasteiger partial charge in [0.1, 0.15) is 5.75 Å². The van der Waals surface area contributed by atoms with Crippen LogP contribution in [-0.4, -0.2) is 35.8 Å². The van der Waals surface area contributed by atoms with Crippen LogP contribution in [0.2, 0.25) is 0 Å². The van der Waals surface area contributed by atoms with Gasteiger partial charge in [0.15, 0.2) is 11.3 Å². The second-order valence-corrected chi connectivity index (χ2v) is 6.52. The van der Waals surface area contributed by atoms with Gasteiger partial charge in [-0.1, -0.05) is 0 Å². The predicted octanol–water partition coefficient (Wildman–Crippen LogP) is 2.75. The summed E-state index contributed by atoms with van der Waals surface area (Å²) in [6.45, 7) is 0.858. The lowest BCUT2D eigenvalue weighted by molar-refractivity contribution is 0.104. The number of hydrogen-bond donors (Lipinski definition) is 2. The number of imidazole rings is 1. The predicted molar refractivity (Wildman–Crippen MR) is 90.4 cm³/mol. The van der Waals surface area contributed by atoms with Crippen LogP contribution in [0, 0.1) is 5.92 Å². The first-order valence-electron chi connectivity index (χ1n) is 8.34. The van der Waals surface area contributed by atoms with Crippen LogP contribution < -0.4 is 0 Å². The minimum Gasteiger partial charge on any atom is -0.508 e. The second kappa shape index (κ2) is 6.20. The molecule has 2 heterocycles. The van der Waals surface area contributed by atoms with E-state index < -0.39 is 0 Å². The monoisotopic (exact) mass is 324 g/mol. The Morgan fingerprint density at radius 2 is 1.79 bits per heavy atom. The Kier molecular flexibility index (Phi) is 3.90. The van der Waals surface area contributed by atoms with Crippen LogP contribution in [0.5, 0.6) is 5.75 Å². The van der Waals surface area contributed by atoms with E-state index in [1.165, 1.54) is 0 Å². The summed E-state index contributed by atoms with van der Waals surface area (Å²) in [5.74, 6) is 0.780. The second-order valence-electron chi connectivity index (χ2n) is 6.52. The highest BCUT2D eigenvalue weighted by Gasteiger charge is 2.20. The van der Waals surface area contributed by atoms with Crippen LogP contribution in [0.1, 0.15) is 25.7 Å². The molecule has 1 fully saturated rings. The topological polar surface area (TPSA) is 84.1 Å². The Bertz CT molecular complexity index is 836. The molecule has 0 atom stereocenters. The average molecular weight is 324 g/mol. The van der Waals surface area contributed by atoms with Gasteiger partial charge in [0, 0.05) is 12.1 Å². The molecule has 0 radical (unpaired) electrons. The molecule has 6 heteroatoms. The van der Waals surface area contributed by atoms with E-state index in [-0.39, 0.29) is 11.9 Å². The van der Waals surface area contributed by atoms with E-state index >= 15 is 0 Å². The highest BCUT2D eigenvalue weighted by molar-refractivity contribution is 5.71. The Balaban J connectivity index is 1.62. The van der Waals surface area contributed by atoms with E-state index in [4.69, 9.17) is 4.98 Å². The lowest BCUT2D eigenvalue weighted by Crippen LogP contribution is -2.21. The highest BCUT2D eigenvalue weighted by atomic mass is 16.3. The number of rotatable bonds is 3. The highest BCUT2D eigenvalue weighted by Crippen LogP contribution is 2.27. The SMILES string of the molecule is Oc1ccc(-c2cnc3ncn(C[C@H]4CC[C@H](O)CC4)c3n2)cc1. The zero-order chi connectivity index (χ0) is 16.5. The first-order valence-corrected chi connectivity index (χ1v) is 8.34. The number of fused-ring (bicyclic) bond motifs is 1. The molecule has 1 saturated carbocycles. The number of aliphatic hydroxyl groups is 1. The lowest BCUT2D eigenvalue weighted by atomic mass is 9.87. The largest absolute Gasteiger partial charge is 0.508 e. The summed E-state index contributed by atoms with van der Waals surface area (Å²) in [6, 6.07) is 6.94. The van der Waals surface area contributed by atoms with E-state index in [9.17, 15) is 10.2 Å². The smallest absolute Gasteiger partial charge is 0.197 e. The summed E-state index contributed by atoms with van der Waals surface area (Å²) in [4.78, 5) is 13.5. The number of benzene rings is 1. The summed E-state index contributed by atoms with van der Waals surface area (Å²) in [5.41, 5.74) is 3.11. The lowest BCUT2D eigenvalue weighted by Gasteiger charge is -2.25. The van der Waals surface area contributed by atoms with Gasteiger partial charge >= 0.3 is 0 Å². The molecule has 0 saturated heterocycles. The van der Waals surface area contributed by atoms with Crippen molar-refractivity contribution in [2.24, 2.45) is 5.92 Å². The van der Waals surface area contributed by atoms with Gasteiger partial charge in [-0.25, -0.2) is 15.0 Å².